The lowest BCUT2D eigenvalue weighted by atomic mass is 10.1. The Bertz CT molecular complexity index is 775. The molecule has 0 saturated carbocycles. The third kappa shape index (κ3) is 4.88. The Morgan fingerprint density at radius 2 is 1.44 bits per heavy atom. The van der Waals surface area contributed by atoms with Gasteiger partial charge in [0.15, 0.2) is 5.78 Å². The molecule has 0 fully saturated rings. The molecule has 1 heterocycles. The van der Waals surface area contributed by atoms with Crippen LogP contribution in [0.15, 0.2) is 76.6 Å². The second-order valence-electron chi connectivity index (χ2n) is 6.02. The minimum Gasteiger partial charge on any atom is -0.291 e. The van der Waals surface area contributed by atoms with Crippen LogP contribution in [0, 0.1) is 0 Å². The number of carbonyl (C=O) groups is 1. The summed E-state index contributed by atoms with van der Waals surface area (Å²) in [6.45, 7) is 3.49. The van der Waals surface area contributed by atoms with Gasteiger partial charge in [-0.15, -0.1) is 11.3 Å². The number of hydrogen-bond donors (Lipinski definition) is 0. The van der Waals surface area contributed by atoms with E-state index in [4.69, 9.17) is 0 Å². The van der Waals surface area contributed by atoms with Gasteiger partial charge in [0.1, 0.15) is 0 Å². The van der Waals surface area contributed by atoms with Gasteiger partial charge in [0, 0.05) is 13.1 Å². The van der Waals surface area contributed by atoms with Crippen molar-refractivity contribution in [3.63, 3.8) is 0 Å². The highest BCUT2D eigenvalue weighted by Crippen LogP contribution is 2.25. The number of carbonyl (C=O) groups excluding carboxylic acids is 1. The van der Waals surface area contributed by atoms with Crippen LogP contribution in [-0.4, -0.2) is 16.7 Å². The van der Waals surface area contributed by atoms with Crippen molar-refractivity contribution in [2.75, 3.05) is 0 Å². The van der Waals surface area contributed by atoms with Gasteiger partial charge < -0.3 is 0 Å². The summed E-state index contributed by atoms with van der Waals surface area (Å²) in [4.78, 5) is 16.0. The van der Waals surface area contributed by atoms with Crippen LogP contribution >= 0.6 is 27.3 Å². The standard InChI is InChI=1S/C21H20BrNOS/c1-16(21(24)19-12-13-20(22)25-19)23(14-17-8-4-2-5-9-17)15-18-10-6-3-7-11-18/h2-13,16H,14-15H2,1H3. The maximum absolute atomic E-state index is 12.9. The summed E-state index contributed by atoms with van der Waals surface area (Å²) in [7, 11) is 0. The third-order valence-corrected chi connectivity index (χ3v) is 5.84. The van der Waals surface area contributed by atoms with Gasteiger partial charge in [0.05, 0.1) is 14.7 Å². The van der Waals surface area contributed by atoms with Crippen molar-refractivity contribution in [2.24, 2.45) is 0 Å². The second-order valence-corrected chi connectivity index (χ2v) is 8.48. The van der Waals surface area contributed by atoms with Crippen LogP contribution in [0.25, 0.3) is 0 Å². The zero-order valence-electron chi connectivity index (χ0n) is 14.1. The number of ketones is 1. The molecule has 0 aliphatic rings. The maximum Gasteiger partial charge on any atom is 0.189 e. The molecule has 0 aliphatic carbocycles. The van der Waals surface area contributed by atoms with E-state index in [1.54, 1.807) is 0 Å². The number of benzene rings is 2. The third-order valence-electron chi connectivity index (χ3n) is 4.20. The number of rotatable bonds is 7. The molecule has 1 unspecified atom stereocenters. The molecule has 0 radical (unpaired) electrons. The summed E-state index contributed by atoms with van der Waals surface area (Å²) in [5.74, 6) is 0.169. The Labute approximate surface area is 161 Å². The van der Waals surface area contributed by atoms with Gasteiger partial charge in [-0.05, 0) is 46.1 Å². The van der Waals surface area contributed by atoms with Gasteiger partial charge >= 0.3 is 0 Å². The first-order chi connectivity index (χ1) is 12.1. The molecule has 0 amide bonds. The zero-order chi connectivity index (χ0) is 17.6. The molecule has 2 nitrogen and oxygen atoms in total. The van der Waals surface area contributed by atoms with Crippen LogP contribution in [0.1, 0.15) is 27.7 Å². The van der Waals surface area contributed by atoms with Gasteiger partial charge in [0.25, 0.3) is 0 Å². The Morgan fingerprint density at radius 3 is 1.88 bits per heavy atom. The molecule has 0 spiro atoms. The van der Waals surface area contributed by atoms with E-state index in [1.165, 1.54) is 22.5 Å². The lowest BCUT2D eigenvalue weighted by Crippen LogP contribution is -2.37. The zero-order valence-corrected chi connectivity index (χ0v) is 16.5. The molecular weight excluding hydrogens is 394 g/mol. The van der Waals surface area contributed by atoms with Crippen LogP contribution in [0.5, 0.6) is 0 Å². The highest BCUT2D eigenvalue weighted by atomic mass is 79.9. The van der Waals surface area contributed by atoms with Crippen molar-refractivity contribution in [2.45, 2.75) is 26.1 Å². The average molecular weight is 414 g/mol. The number of halogens is 1. The number of thiophene rings is 1. The Kier molecular flexibility index (Phi) is 6.19. The van der Waals surface area contributed by atoms with Crippen LogP contribution in [0.2, 0.25) is 0 Å². The van der Waals surface area contributed by atoms with Gasteiger partial charge in [-0.3, -0.25) is 9.69 Å². The van der Waals surface area contributed by atoms with E-state index in [9.17, 15) is 4.79 Å². The summed E-state index contributed by atoms with van der Waals surface area (Å²) in [5.41, 5.74) is 2.43. The first-order valence-electron chi connectivity index (χ1n) is 8.25. The van der Waals surface area contributed by atoms with Crippen LogP contribution in [0.4, 0.5) is 0 Å². The van der Waals surface area contributed by atoms with Gasteiger partial charge in [-0.1, -0.05) is 60.7 Å². The van der Waals surface area contributed by atoms with Crippen molar-refractivity contribution >= 4 is 33.0 Å². The van der Waals surface area contributed by atoms with Crippen molar-refractivity contribution in [3.05, 3.63) is 92.6 Å². The van der Waals surface area contributed by atoms with E-state index < -0.39 is 0 Å². The molecule has 25 heavy (non-hydrogen) atoms. The van der Waals surface area contributed by atoms with Gasteiger partial charge in [0.2, 0.25) is 0 Å². The highest BCUT2D eigenvalue weighted by Gasteiger charge is 2.24. The van der Waals surface area contributed by atoms with Gasteiger partial charge in [-0.25, -0.2) is 0 Å². The fourth-order valence-corrected chi connectivity index (χ4v) is 4.19. The first kappa shape index (κ1) is 18.1. The van der Waals surface area contributed by atoms with E-state index in [-0.39, 0.29) is 11.8 Å². The fraction of sp³-hybridized carbons (Fsp3) is 0.190. The smallest absolute Gasteiger partial charge is 0.189 e. The topological polar surface area (TPSA) is 20.3 Å². The molecule has 128 valence electrons. The predicted octanol–water partition coefficient (Wildman–Crippen LogP) is 5.78. The lowest BCUT2D eigenvalue weighted by Gasteiger charge is -2.28. The number of Topliss-reactive ketones (excluding diaryl/α,β-unsaturated/α-hetero) is 1. The van der Waals surface area contributed by atoms with E-state index in [0.29, 0.717) is 0 Å². The van der Waals surface area contributed by atoms with Crippen molar-refractivity contribution in [1.82, 2.24) is 4.90 Å². The van der Waals surface area contributed by atoms with Crippen LogP contribution < -0.4 is 0 Å². The molecule has 0 aliphatic heterocycles. The molecule has 2 aromatic carbocycles. The Balaban J connectivity index is 1.82. The highest BCUT2D eigenvalue weighted by molar-refractivity contribution is 9.11. The molecule has 0 bridgehead atoms. The van der Waals surface area contributed by atoms with E-state index >= 15 is 0 Å². The summed E-state index contributed by atoms with van der Waals surface area (Å²) in [5, 5.41) is 0. The monoisotopic (exact) mass is 413 g/mol. The lowest BCUT2D eigenvalue weighted by molar-refractivity contribution is 0.0820. The number of nitrogens with zero attached hydrogens (tertiary/aromatic N) is 1. The van der Waals surface area contributed by atoms with Gasteiger partial charge in [-0.2, -0.15) is 0 Å². The predicted molar refractivity (Wildman–Crippen MR) is 108 cm³/mol. The molecule has 1 atom stereocenters. The van der Waals surface area contributed by atoms with Crippen LogP contribution in [0.3, 0.4) is 0 Å². The largest absolute Gasteiger partial charge is 0.291 e. The summed E-state index contributed by atoms with van der Waals surface area (Å²) in [6, 6.07) is 24.3. The fourth-order valence-electron chi connectivity index (χ4n) is 2.78. The molecule has 4 heteroatoms. The molecule has 1 aromatic heterocycles. The number of hydrogen-bond acceptors (Lipinski definition) is 3. The van der Waals surface area contributed by atoms with E-state index in [1.807, 2.05) is 55.5 Å². The second kappa shape index (κ2) is 8.56. The minimum atomic E-state index is -0.189. The molecule has 0 N–H and O–H groups in total. The Hall–Kier alpha value is -1.75. The van der Waals surface area contributed by atoms with E-state index in [2.05, 4.69) is 45.1 Å². The van der Waals surface area contributed by atoms with Crippen LogP contribution in [-0.2, 0) is 13.1 Å². The summed E-state index contributed by atoms with van der Waals surface area (Å²) in [6.07, 6.45) is 0. The molecule has 3 rings (SSSR count). The summed E-state index contributed by atoms with van der Waals surface area (Å²) >= 11 is 4.94. The maximum atomic E-state index is 12.9. The molecule has 0 saturated heterocycles. The quantitative estimate of drug-likeness (QED) is 0.457. The summed E-state index contributed by atoms with van der Waals surface area (Å²) < 4.78 is 0.987. The van der Waals surface area contributed by atoms with E-state index in [0.717, 1.165) is 21.8 Å². The van der Waals surface area contributed by atoms with Crippen molar-refractivity contribution < 1.29 is 4.79 Å². The average Bonchev–Trinajstić information content (AvgIpc) is 3.08. The molecular formula is C21H20BrNOS. The van der Waals surface area contributed by atoms with Crippen molar-refractivity contribution in [1.29, 1.82) is 0 Å². The first-order valence-corrected chi connectivity index (χ1v) is 9.86. The SMILES string of the molecule is CC(C(=O)c1ccc(Br)s1)N(Cc1ccccc1)Cc1ccccc1. The van der Waals surface area contributed by atoms with Crippen molar-refractivity contribution in [3.8, 4) is 0 Å². The normalized spacial score (nSPS) is 12.3. The minimum absolute atomic E-state index is 0.169. The Morgan fingerprint density at radius 1 is 0.920 bits per heavy atom. The molecule has 3 aromatic rings.